The molecule has 1 heterocycles. The number of likely N-dealkylation sites (tertiary alicyclic amines) is 1. The number of hydrogen-bond donors (Lipinski definition) is 2. The molecular weight excluding hydrogens is 240 g/mol. The molecule has 0 bridgehead atoms. The number of carbonyl (C=O) groups is 1. The van der Waals surface area contributed by atoms with E-state index in [-0.39, 0.29) is 11.7 Å². The van der Waals surface area contributed by atoms with Gasteiger partial charge in [-0.05, 0) is 50.3 Å². The summed E-state index contributed by atoms with van der Waals surface area (Å²) in [7, 11) is 0. The number of aromatic hydroxyl groups is 1. The van der Waals surface area contributed by atoms with Crippen LogP contribution in [-0.4, -0.2) is 34.5 Å². The molecule has 1 amide bonds. The summed E-state index contributed by atoms with van der Waals surface area (Å²) in [6, 6.07) is 6.66. The Balaban J connectivity index is 1.96. The van der Waals surface area contributed by atoms with Gasteiger partial charge in [0.05, 0.1) is 6.04 Å². The van der Waals surface area contributed by atoms with Crippen LogP contribution in [0.3, 0.4) is 0 Å². The second-order valence-electron chi connectivity index (χ2n) is 5.35. The molecule has 0 spiro atoms. The number of nitrogens with two attached hydrogens (primary N) is 1. The molecule has 4 nitrogen and oxygen atoms in total. The Hall–Kier alpha value is -1.55. The minimum absolute atomic E-state index is 0.0419. The summed E-state index contributed by atoms with van der Waals surface area (Å²) < 4.78 is 0. The van der Waals surface area contributed by atoms with E-state index >= 15 is 0 Å². The van der Waals surface area contributed by atoms with E-state index in [0.29, 0.717) is 12.5 Å². The van der Waals surface area contributed by atoms with Gasteiger partial charge >= 0.3 is 0 Å². The smallest absolute Gasteiger partial charge is 0.240 e. The molecule has 0 aromatic heterocycles. The van der Waals surface area contributed by atoms with Crippen LogP contribution >= 0.6 is 0 Å². The second kappa shape index (κ2) is 6.06. The maximum absolute atomic E-state index is 12.3. The van der Waals surface area contributed by atoms with Crippen molar-refractivity contribution in [3.05, 3.63) is 29.8 Å². The van der Waals surface area contributed by atoms with Crippen LogP contribution in [0, 0.1) is 0 Å². The summed E-state index contributed by atoms with van der Waals surface area (Å²) in [5.41, 5.74) is 7.00. The first kappa shape index (κ1) is 13.9. The van der Waals surface area contributed by atoms with Crippen LogP contribution in [0.2, 0.25) is 0 Å². The van der Waals surface area contributed by atoms with Crippen LogP contribution in [0.1, 0.15) is 31.7 Å². The van der Waals surface area contributed by atoms with Gasteiger partial charge in [-0.25, -0.2) is 0 Å². The van der Waals surface area contributed by atoms with Crippen molar-refractivity contribution in [2.45, 2.75) is 44.7 Å². The molecule has 0 radical (unpaired) electrons. The van der Waals surface area contributed by atoms with Gasteiger partial charge in [-0.2, -0.15) is 0 Å². The van der Waals surface area contributed by atoms with Gasteiger partial charge in [0.1, 0.15) is 5.75 Å². The molecule has 1 aromatic rings. The molecule has 1 fully saturated rings. The monoisotopic (exact) mass is 262 g/mol. The molecule has 1 aliphatic heterocycles. The topological polar surface area (TPSA) is 66.6 Å². The van der Waals surface area contributed by atoms with E-state index in [4.69, 9.17) is 5.73 Å². The minimum Gasteiger partial charge on any atom is -0.508 e. The molecule has 104 valence electrons. The fraction of sp³-hybridized carbons (Fsp3) is 0.533. The molecule has 0 saturated carbocycles. The quantitative estimate of drug-likeness (QED) is 0.870. The predicted molar refractivity (Wildman–Crippen MR) is 74.8 cm³/mol. The molecule has 19 heavy (non-hydrogen) atoms. The zero-order valence-electron chi connectivity index (χ0n) is 11.4. The maximum atomic E-state index is 12.3. The van der Waals surface area contributed by atoms with Gasteiger partial charge < -0.3 is 15.7 Å². The molecule has 4 heteroatoms. The number of carbonyl (C=O) groups excluding carboxylic acids is 1. The summed E-state index contributed by atoms with van der Waals surface area (Å²) >= 11 is 0. The van der Waals surface area contributed by atoms with E-state index in [1.807, 2.05) is 17.0 Å². The Morgan fingerprint density at radius 2 is 2.11 bits per heavy atom. The van der Waals surface area contributed by atoms with Gasteiger partial charge in [0.25, 0.3) is 0 Å². The van der Waals surface area contributed by atoms with Gasteiger partial charge in [0, 0.05) is 12.6 Å². The number of benzene rings is 1. The van der Waals surface area contributed by atoms with Crippen LogP contribution in [-0.2, 0) is 11.2 Å². The lowest BCUT2D eigenvalue weighted by Crippen LogP contribution is -2.50. The average molecular weight is 262 g/mol. The number of rotatable bonds is 3. The molecule has 2 rings (SSSR count). The Bertz CT molecular complexity index is 430. The molecule has 1 aliphatic rings. The van der Waals surface area contributed by atoms with E-state index in [9.17, 15) is 9.90 Å². The molecule has 1 unspecified atom stereocenters. The fourth-order valence-corrected chi connectivity index (χ4v) is 2.61. The number of amides is 1. The third kappa shape index (κ3) is 3.47. The van der Waals surface area contributed by atoms with Crippen molar-refractivity contribution in [2.75, 3.05) is 6.54 Å². The van der Waals surface area contributed by atoms with Crippen LogP contribution in [0.15, 0.2) is 24.3 Å². The predicted octanol–water partition coefficient (Wildman–Crippen LogP) is 1.66. The number of phenolic OH excluding ortho intramolecular Hbond substituents is 1. The Morgan fingerprint density at radius 1 is 1.42 bits per heavy atom. The van der Waals surface area contributed by atoms with Gasteiger partial charge in [-0.3, -0.25) is 4.79 Å². The standard InChI is InChI=1S/C15H22N2O2/c1-11-4-2-3-9-17(11)15(19)14(16)10-12-5-7-13(18)8-6-12/h5-8,11,14,18H,2-4,9-10,16H2,1H3/t11?,14-/m1/s1. The molecule has 1 aromatic carbocycles. The van der Waals surface area contributed by atoms with Crippen molar-refractivity contribution in [1.82, 2.24) is 4.90 Å². The van der Waals surface area contributed by atoms with Gasteiger partial charge in [0.2, 0.25) is 5.91 Å². The summed E-state index contributed by atoms with van der Waals surface area (Å²) in [5.74, 6) is 0.272. The lowest BCUT2D eigenvalue weighted by atomic mass is 10.00. The highest BCUT2D eigenvalue weighted by Gasteiger charge is 2.27. The largest absolute Gasteiger partial charge is 0.508 e. The van der Waals surface area contributed by atoms with Crippen molar-refractivity contribution in [1.29, 1.82) is 0 Å². The van der Waals surface area contributed by atoms with Gasteiger partial charge in [-0.1, -0.05) is 12.1 Å². The van der Waals surface area contributed by atoms with E-state index in [0.717, 1.165) is 24.9 Å². The molecule has 2 atom stereocenters. The van der Waals surface area contributed by atoms with Gasteiger partial charge in [-0.15, -0.1) is 0 Å². The fourth-order valence-electron chi connectivity index (χ4n) is 2.61. The van der Waals surface area contributed by atoms with E-state index in [1.165, 1.54) is 6.42 Å². The highest BCUT2D eigenvalue weighted by molar-refractivity contribution is 5.82. The Morgan fingerprint density at radius 3 is 2.74 bits per heavy atom. The number of piperidine rings is 1. The zero-order valence-corrected chi connectivity index (χ0v) is 11.4. The highest BCUT2D eigenvalue weighted by atomic mass is 16.3. The third-order valence-corrected chi connectivity index (χ3v) is 3.80. The maximum Gasteiger partial charge on any atom is 0.240 e. The summed E-state index contributed by atoms with van der Waals surface area (Å²) in [6.45, 7) is 2.91. The second-order valence-corrected chi connectivity index (χ2v) is 5.35. The lowest BCUT2D eigenvalue weighted by Gasteiger charge is -2.35. The van der Waals surface area contributed by atoms with Crippen LogP contribution in [0.4, 0.5) is 0 Å². The number of phenols is 1. The Kier molecular flexibility index (Phi) is 4.43. The van der Waals surface area contributed by atoms with E-state index in [1.54, 1.807) is 12.1 Å². The van der Waals surface area contributed by atoms with Crippen LogP contribution in [0.25, 0.3) is 0 Å². The molecular formula is C15H22N2O2. The highest BCUT2D eigenvalue weighted by Crippen LogP contribution is 2.18. The molecule has 1 saturated heterocycles. The minimum atomic E-state index is -0.495. The SMILES string of the molecule is CC1CCCCN1C(=O)[C@H](N)Cc1ccc(O)cc1. The first-order chi connectivity index (χ1) is 9.08. The average Bonchev–Trinajstić information content (AvgIpc) is 2.41. The van der Waals surface area contributed by atoms with E-state index in [2.05, 4.69) is 6.92 Å². The van der Waals surface area contributed by atoms with Gasteiger partial charge in [0.15, 0.2) is 0 Å². The van der Waals surface area contributed by atoms with Crippen molar-refractivity contribution in [3.63, 3.8) is 0 Å². The van der Waals surface area contributed by atoms with Crippen molar-refractivity contribution < 1.29 is 9.90 Å². The molecule has 0 aliphatic carbocycles. The Labute approximate surface area is 114 Å². The number of nitrogens with zero attached hydrogens (tertiary/aromatic N) is 1. The van der Waals surface area contributed by atoms with Crippen molar-refractivity contribution in [2.24, 2.45) is 5.73 Å². The lowest BCUT2D eigenvalue weighted by molar-refractivity contribution is -0.135. The summed E-state index contributed by atoms with van der Waals surface area (Å²) in [4.78, 5) is 14.2. The zero-order chi connectivity index (χ0) is 13.8. The molecule has 3 N–H and O–H groups in total. The first-order valence-corrected chi connectivity index (χ1v) is 6.92. The normalized spacial score (nSPS) is 21.2. The van der Waals surface area contributed by atoms with Crippen LogP contribution in [0.5, 0.6) is 5.75 Å². The van der Waals surface area contributed by atoms with Crippen LogP contribution < -0.4 is 5.73 Å². The summed E-state index contributed by atoms with van der Waals surface area (Å²) in [5, 5.41) is 9.23. The number of hydrogen-bond acceptors (Lipinski definition) is 3. The summed E-state index contributed by atoms with van der Waals surface area (Å²) in [6.07, 6.45) is 3.85. The first-order valence-electron chi connectivity index (χ1n) is 6.92. The third-order valence-electron chi connectivity index (χ3n) is 3.80. The van der Waals surface area contributed by atoms with Crippen molar-refractivity contribution >= 4 is 5.91 Å². The van der Waals surface area contributed by atoms with E-state index < -0.39 is 6.04 Å². The van der Waals surface area contributed by atoms with Crippen molar-refractivity contribution in [3.8, 4) is 5.75 Å².